The van der Waals surface area contributed by atoms with Gasteiger partial charge in [-0.1, -0.05) is 19.8 Å². The lowest BCUT2D eigenvalue weighted by molar-refractivity contribution is -0.147. The summed E-state index contributed by atoms with van der Waals surface area (Å²) in [6.07, 6.45) is 4.60. The number of rotatable bonds is 0. The van der Waals surface area contributed by atoms with Crippen LogP contribution in [0.1, 0.15) is 39.5 Å². The first-order valence-corrected chi connectivity index (χ1v) is 4.76. The lowest BCUT2D eigenvalue weighted by atomic mass is 9.59. The summed E-state index contributed by atoms with van der Waals surface area (Å²) in [5, 5.41) is 0. The highest BCUT2D eigenvalue weighted by Crippen LogP contribution is 2.54. The summed E-state index contributed by atoms with van der Waals surface area (Å²) in [6, 6.07) is 0. The molecule has 1 aliphatic carbocycles. The maximum atomic E-state index is 11.5. The number of hydrogen-bond donors (Lipinski definition) is 0. The Labute approximate surface area is 73.3 Å². The third-order valence-electron chi connectivity index (χ3n) is 3.96. The number of carbonyl (C=O) groups is 1. The van der Waals surface area contributed by atoms with E-state index in [0.717, 1.165) is 12.8 Å². The molecule has 1 aliphatic heterocycles. The van der Waals surface area contributed by atoms with Crippen LogP contribution in [-0.2, 0) is 9.53 Å². The molecule has 0 radical (unpaired) electrons. The predicted octanol–water partition coefficient (Wildman–Crippen LogP) is 2.13. The van der Waals surface area contributed by atoms with E-state index in [4.69, 9.17) is 4.74 Å². The summed E-state index contributed by atoms with van der Waals surface area (Å²) in [6.45, 7) is 4.90. The van der Waals surface area contributed by atoms with Crippen LogP contribution in [0.2, 0.25) is 0 Å². The van der Waals surface area contributed by atoms with Gasteiger partial charge in [0.2, 0.25) is 0 Å². The first-order valence-electron chi connectivity index (χ1n) is 4.76. The minimum atomic E-state index is -0.175. The van der Waals surface area contributed by atoms with Crippen LogP contribution in [0.4, 0.5) is 0 Å². The largest absolute Gasteiger partial charge is 0.465 e. The molecule has 0 unspecified atom stereocenters. The molecule has 0 N–H and O–H groups in total. The summed E-state index contributed by atoms with van der Waals surface area (Å²) in [4.78, 5) is 11.5. The van der Waals surface area contributed by atoms with Crippen molar-refractivity contribution in [3.8, 4) is 0 Å². The first kappa shape index (κ1) is 8.09. The molecule has 2 rings (SSSR count). The van der Waals surface area contributed by atoms with E-state index in [1.807, 2.05) is 0 Å². The zero-order valence-electron chi connectivity index (χ0n) is 7.85. The Morgan fingerprint density at radius 3 is 2.58 bits per heavy atom. The normalized spacial score (nSPS) is 47.0. The van der Waals surface area contributed by atoms with Gasteiger partial charge < -0.3 is 4.74 Å². The molecule has 0 aromatic rings. The summed E-state index contributed by atoms with van der Waals surface area (Å²) in [5.41, 5.74) is -0.0480. The molecule has 0 aromatic heterocycles. The molecule has 0 amide bonds. The van der Waals surface area contributed by atoms with Gasteiger partial charge in [0.1, 0.15) is 0 Å². The molecule has 12 heavy (non-hydrogen) atoms. The molecule has 2 heteroatoms. The van der Waals surface area contributed by atoms with E-state index in [9.17, 15) is 4.79 Å². The minimum absolute atomic E-state index is 0.0321. The molecule has 2 atom stereocenters. The van der Waals surface area contributed by atoms with Crippen molar-refractivity contribution in [1.82, 2.24) is 0 Å². The summed E-state index contributed by atoms with van der Waals surface area (Å²) in [5.74, 6) is 0.0321. The fourth-order valence-electron chi connectivity index (χ4n) is 2.54. The van der Waals surface area contributed by atoms with Crippen molar-refractivity contribution in [2.75, 3.05) is 6.61 Å². The third-order valence-corrected chi connectivity index (χ3v) is 3.96. The number of hydrogen-bond acceptors (Lipinski definition) is 2. The van der Waals surface area contributed by atoms with E-state index in [2.05, 4.69) is 13.8 Å². The number of fused-ring (bicyclic) bond motifs is 1. The van der Waals surface area contributed by atoms with Crippen molar-refractivity contribution < 1.29 is 9.53 Å². The first-order chi connectivity index (χ1) is 5.58. The van der Waals surface area contributed by atoms with Crippen LogP contribution in [0.3, 0.4) is 0 Å². The van der Waals surface area contributed by atoms with E-state index < -0.39 is 0 Å². The third kappa shape index (κ3) is 0.782. The van der Waals surface area contributed by atoms with E-state index in [1.165, 1.54) is 12.8 Å². The number of esters is 1. The number of cyclic esters (lactones) is 1. The lowest BCUT2D eigenvalue weighted by Crippen LogP contribution is -2.41. The van der Waals surface area contributed by atoms with Crippen LogP contribution in [0.25, 0.3) is 0 Å². The van der Waals surface area contributed by atoms with E-state index in [-0.39, 0.29) is 16.8 Å². The van der Waals surface area contributed by atoms with Gasteiger partial charge in [-0.15, -0.1) is 0 Å². The predicted molar refractivity (Wildman–Crippen MR) is 45.6 cm³/mol. The molecular formula is C10H16O2. The second-order valence-electron chi connectivity index (χ2n) is 4.68. The van der Waals surface area contributed by atoms with Crippen LogP contribution in [0, 0.1) is 10.8 Å². The van der Waals surface area contributed by atoms with Gasteiger partial charge >= 0.3 is 5.97 Å². The molecule has 2 aliphatic rings. The van der Waals surface area contributed by atoms with Gasteiger partial charge in [0.25, 0.3) is 0 Å². The van der Waals surface area contributed by atoms with Crippen molar-refractivity contribution in [1.29, 1.82) is 0 Å². The van der Waals surface area contributed by atoms with Crippen LogP contribution in [-0.4, -0.2) is 12.6 Å². The smallest absolute Gasteiger partial charge is 0.312 e. The van der Waals surface area contributed by atoms with E-state index in [0.29, 0.717) is 6.61 Å². The van der Waals surface area contributed by atoms with Gasteiger partial charge in [-0.25, -0.2) is 0 Å². The highest BCUT2D eigenvalue weighted by atomic mass is 16.5. The van der Waals surface area contributed by atoms with Crippen LogP contribution in [0.15, 0.2) is 0 Å². The average Bonchev–Trinajstić information content (AvgIpc) is 2.28. The Kier molecular flexibility index (Phi) is 1.51. The van der Waals surface area contributed by atoms with Gasteiger partial charge in [0.15, 0.2) is 0 Å². The minimum Gasteiger partial charge on any atom is -0.465 e. The number of ether oxygens (including phenoxy) is 1. The average molecular weight is 168 g/mol. The molecular weight excluding hydrogens is 152 g/mol. The Bertz CT molecular complexity index is 224. The van der Waals surface area contributed by atoms with Gasteiger partial charge in [0, 0.05) is 5.41 Å². The maximum absolute atomic E-state index is 11.5. The standard InChI is InChI=1S/C10H16O2/c1-9-5-3-4-6-10(9,2)8(11)12-7-9/h3-7H2,1-2H3/t9-,10+/m0/s1. The van der Waals surface area contributed by atoms with Gasteiger partial charge in [-0.2, -0.15) is 0 Å². The van der Waals surface area contributed by atoms with Gasteiger partial charge in [-0.05, 0) is 19.8 Å². The van der Waals surface area contributed by atoms with Crippen molar-refractivity contribution in [3.63, 3.8) is 0 Å². The Morgan fingerprint density at radius 1 is 1.25 bits per heavy atom. The maximum Gasteiger partial charge on any atom is 0.312 e. The molecule has 2 nitrogen and oxygen atoms in total. The van der Waals surface area contributed by atoms with Crippen LogP contribution < -0.4 is 0 Å². The zero-order valence-corrected chi connectivity index (χ0v) is 7.85. The molecule has 68 valence electrons. The SMILES string of the molecule is C[C@@]12CCCC[C@]1(C)C(=O)OC2. The molecule has 1 heterocycles. The Balaban J connectivity index is 2.35. The summed E-state index contributed by atoms with van der Waals surface area (Å²) >= 11 is 0. The van der Waals surface area contributed by atoms with Crippen molar-refractivity contribution in [2.24, 2.45) is 10.8 Å². The van der Waals surface area contributed by atoms with Crippen LogP contribution >= 0.6 is 0 Å². The molecule has 0 aromatic carbocycles. The highest BCUT2D eigenvalue weighted by Gasteiger charge is 2.57. The lowest BCUT2D eigenvalue weighted by Gasteiger charge is -2.40. The Morgan fingerprint density at radius 2 is 1.92 bits per heavy atom. The Hall–Kier alpha value is -0.530. The topological polar surface area (TPSA) is 26.3 Å². The van der Waals surface area contributed by atoms with Crippen LogP contribution in [0.5, 0.6) is 0 Å². The van der Waals surface area contributed by atoms with Crippen molar-refractivity contribution >= 4 is 5.97 Å². The fraction of sp³-hybridized carbons (Fsp3) is 0.900. The fourth-order valence-corrected chi connectivity index (χ4v) is 2.54. The van der Waals surface area contributed by atoms with E-state index >= 15 is 0 Å². The summed E-state index contributed by atoms with van der Waals surface area (Å²) < 4.78 is 5.17. The number of carbonyl (C=O) groups excluding carboxylic acids is 1. The monoisotopic (exact) mass is 168 g/mol. The molecule has 1 saturated carbocycles. The van der Waals surface area contributed by atoms with Gasteiger partial charge in [-0.3, -0.25) is 4.79 Å². The second-order valence-corrected chi connectivity index (χ2v) is 4.68. The van der Waals surface area contributed by atoms with Gasteiger partial charge in [0.05, 0.1) is 12.0 Å². The molecule has 0 bridgehead atoms. The molecule has 2 fully saturated rings. The second kappa shape index (κ2) is 2.24. The molecule has 0 spiro atoms. The van der Waals surface area contributed by atoms with E-state index in [1.54, 1.807) is 0 Å². The molecule has 1 saturated heterocycles. The quantitative estimate of drug-likeness (QED) is 0.518. The summed E-state index contributed by atoms with van der Waals surface area (Å²) in [7, 11) is 0. The zero-order chi connectivity index (χ0) is 8.82. The highest BCUT2D eigenvalue weighted by molar-refractivity contribution is 5.79. The van der Waals surface area contributed by atoms with Crippen molar-refractivity contribution in [2.45, 2.75) is 39.5 Å². The van der Waals surface area contributed by atoms with Crippen molar-refractivity contribution in [3.05, 3.63) is 0 Å².